The molecule has 0 bridgehead atoms. The van der Waals surface area contributed by atoms with Gasteiger partial charge in [0, 0.05) is 21.8 Å². The van der Waals surface area contributed by atoms with Gasteiger partial charge in [-0.3, -0.25) is 9.59 Å². The second-order valence-corrected chi connectivity index (χ2v) is 9.93. The fourth-order valence-electron chi connectivity index (χ4n) is 3.98. The van der Waals surface area contributed by atoms with Crippen LogP contribution in [0.2, 0.25) is 0 Å². The molecule has 0 aliphatic rings. The van der Waals surface area contributed by atoms with Crippen LogP contribution < -0.4 is 20.1 Å². The highest BCUT2D eigenvalue weighted by atomic mass is 32.2. The van der Waals surface area contributed by atoms with Crippen molar-refractivity contribution in [3.63, 3.8) is 0 Å². The monoisotopic (exact) mass is 570 g/mol. The lowest BCUT2D eigenvalue weighted by Gasteiger charge is -2.18. The Labute approximate surface area is 243 Å². The Morgan fingerprint density at radius 3 is 2.12 bits per heavy atom. The first-order valence-corrected chi connectivity index (χ1v) is 13.7. The maximum atomic E-state index is 13.5. The van der Waals surface area contributed by atoms with Gasteiger partial charge < -0.3 is 24.8 Å². The maximum absolute atomic E-state index is 13.5. The van der Waals surface area contributed by atoms with Crippen molar-refractivity contribution in [2.75, 3.05) is 31.5 Å². The zero-order valence-corrected chi connectivity index (χ0v) is 23.7. The number of amides is 2. The largest absolute Gasteiger partial charge is 0.493 e. The van der Waals surface area contributed by atoms with Crippen LogP contribution in [0.1, 0.15) is 38.5 Å². The summed E-state index contributed by atoms with van der Waals surface area (Å²) in [5.74, 6) is 0.0297. The molecule has 8 nitrogen and oxygen atoms in total. The lowest BCUT2D eigenvalue weighted by molar-refractivity contribution is -0.115. The standard InChI is InChI=1S/C32H30N2O6S/c1-4-40-32(37)22-13-16-24(17-14-22)33-31(36)29(21-9-6-5-7-10-21)41-26-12-8-11-25(20-26)34-30(35)23-15-18-27(38-2)28(19-23)39-3/h5-20,29H,4H2,1-3H3,(H,33,36)(H,34,35). The van der Waals surface area contributed by atoms with Crippen molar-refractivity contribution in [3.05, 3.63) is 114 Å². The average molecular weight is 571 g/mol. The molecule has 0 aromatic heterocycles. The van der Waals surface area contributed by atoms with E-state index in [2.05, 4.69) is 10.6 Å². The first-order chi connectivity index (χ1) is 19.9. The lowest BCUT2D eigenvalue weighted by atomic mass is 10.1. The van der Waals surface area contributed by atoms with E-state index in [1.807, 2.05) is 48.5 Å². The highest BCUT2D eigenvalue weighted by molar-refractivity contribution is 8.00. The average Bonchev–Trinajstić information content (AvgIpc) is 3.00. The number of benzene rings is 4. The summed E-state index contributed by atoms with van der Waals surface area (Å²) in [4.78, 5) is 39.2. The van der Waals surface area contributed by atoms with Gasteiger partial charge >= 0.3 is 5.97 Å². The molecule has 210 valence electrons. The molecule has 41 heavy (non-hydrogen) atoms. The number of methoxy groups -OCH3 is 2. The second kappa shape index (κ2) is 14.0. The van der Waals surface area contributed by atoms with E-state index >= 15 is 0 Å². The first-order valence-electron chi connectivity index (χ1n) is 12.8. The summed E-state index contributed by atoms with van der Waals surface area (Å²) in [6.07, 6.45) is 0. The maximum Gasteiger partial charge on any atom is 0.338 e. The fourth-order valence-corrected chi connectivity index (χ4v) is 5.06. The van der Waals surface area contributed by atoms with Crippen LogP contribution in [0.25, 0.3) is 0 Å². The van der Waals surface area contributed by atoms with Gasteiger partial charge in [0.2, 0.25) is 5.91 Å². The molecule has 0 fully saturated rings. The van der Waals surface area contributed by atoms with Gasteiger partial charge in [-0.25, -0.2) is 4.79 Å². The lowest BCUT2D eigenvalue weighted by Crippen LogP contribution is -2.19. The minimum absolute atomic E-state index is 0.232. The molecule has 4 aromatic rings. The summed E-state index contributed by atoms with van der Waals surface area (Å²) in [6.45, 7) is 2.03. The number of rotatable bonds is 11. The molecular formula is C32H30N2O6S. The molecule has 4 aromatic carbocycles. The van der Waals surface area contributed by atoms with E-state index in [9.17, 15) is 14.4 Å². The Balaban J connectivity index is 1.50. The van der Waals surface area contributed by atoms with Gasteiger partial charge in [0.05, 0.1) is 26.4 Å². The normalized spacial score (nSPS) is 11.2. The quantitative estimate of drug-likeness (QED) is 0.155. The van der Waals surface area contributed by atoms with E-state index in [4.69, 9.17) is 14.2 Å². The van der Waals surface area contributed by atoms with Crippen LogP contribution in [-0.2, 0) is 9.53 Å². The Bertz CT molecular complexity index is 1510. The molecule has 2 N–H and O–H groups in total. The number of thioether (sulfide) groups is 1. The smallest absolute Gasteiger partial charge is 0.338 e. The zero-order chi connectivity index (χ0) is 29.2. The van der Waals surface area contributed by atoms with Crippen LogP contribution in [0.4, 0.5) is 11.4 Å². The SMILES string of the molecule is CCOC(=O)c1ccc(NC(=O)C(Sc2cccc(NC(=O)c3ccc(OC)c(OC)c3)c2)c2ccccc2)cc1. The summed E-state index contributed by atoms with van der Waals surface area (Å²) in [5, 5.41) is 5.26. The Morgan fingerprint density at radius 2 is 1.44 bits per heavy atom. The summed E-state index contributed by atoms with van der Waals surface area (Å²) in [5.41, 5.74) is 2.77. The molecule has 0 aliphatic heterocycles. The number of hydrogen-bond acceptors (Lipinski definition) is 7. The second-order valence-electron chi connectivity index (χ2n) is 8.75. The number of nitrogens with one attached hydrogen (secondary N) is 2. The molecule has 4 rings (SSSR count). The third-order valence-corrected chi connectivity index (χ3v) is 7.24. The first kappa shape index (κ1) is 29.2. The van der Waals surface area contributed by atoms with Gasteiger partial charge in [-0.2, -0.15) is 0 Å². The third kappa shape index (κ3) is 7.67. The van der Waals surface area contributed by atoms with Gasteiger partial charge in [-0.05, 0) is 73.2 Å². The van der Waals surface area contributed by atoms with E-state index in [-0.39, 0.29) is 18.4 Å². The Morgan fingerprint density at radius 1 is 0.732 bits per heavy atom. The molecule has 1 atom stereocenters. The number of carbonyl (C=O) groups excluding carboxylic acids is 3. The van der Waals surface area contributed by atoms with Gasteiger partial charge in [-0.1, -0.05) is 36.4 Å². The topological polar surface area (TPSA) is 103 Å². The highest BCUT2D eigenvalue weighted by Gasteiger charge is 2.23. The summed E-state index contributed by atoms with van der Waals surface area (Å²) >= 11 is 1.36. The van der Waals surface area contributed by atoms with Crippen molar-refractivity contribution in [1.29, 1.82) is 0 Å². The van der Waals surface area contributed by atoms with Crippen molar-refractivity contribution in [2.24, 2.45) is 0 Å². The number of anilines is 2. The molecule has 1 unspecified atom stereocenters. The highest BCUT2D eigenvalue weighted by Crippen LogP contribution is 2.37. The van der Waals surface area contributed by atoms with Crippen LogP contribution >= 0.6 is 11.8 Å². The van der Waals surface area contributed by atoms with Crippen LogP contribution in [0.5, 0.6) is 11.5 Å². The molecular weight excluding hydrogens is 540 g/mol. The van der Waals surface area contributed by atoms with E-state index in [0.29, 0.717) is 34.0 Å². The molecule has 9 heteroatoms. The zero-order valence-electron chi connectivity index (χ0n) is 22.9. The fraction of sp³-hybridized carbons (Fsp3) is 0.156. The van der Waals surface area contributed by atoms with E-state index in [1.54, 1.807) is 55.5 Å². The number of hydrogen-bond donors (Lipinski definition) is 2. The molecule has 0 radical (unpaired) electrons. The number of carbonyl (C=O) groups is 3. The predicted molar refractivity (Wildman–Crippen MR) is 160 cm³/mol. The van der Waals surface area contributed by atoms with Crippen LogP contribution in [-0.4, -0.2) is 38.6 Å². The Kier molecular flexibility index (Phi) is 10.0. The van der Waals surface area contributed by atoms with Gasteiger partial charge in [0.15, 0.2) is 11.5 Å². The molecule has 0 saturated heterocycles. The van der Waals surface area contributed by atoms with Crippen molar-refractivity contribution >= 4 is 40.9 Å². The predicted octanol–water partition coefficient (Wildman–Crippen LogP) is 6.60. The number of ether oxygens (including phenoxy) is 3. The third-order valence-electron chi connectivity index (χ3n) is 6.00. The summed E-state index contributed by atoms with van der Waals surface area (Å²) in [6, 6.07) is 28.2. The molecule has 0 spiro atoms. The minimum atomic E-state index is -0.585. The van der Waals surface area contributed by atoms with Gasteiger partial charge in [0.25, 0.3) is 5.91 Å². The molecule has 0 aliphatic carbocycles. The van der Waals surface area contributed by atoms with Gasteiger partial charge in [0.1, 0.15) is 5.25 Å². The van der Waals surface area contributed by atoms with E-state index < -0.39 is 11.2 Å². The molecule has 0 saturated carbocycles. The van der Waals surface area contributed by atoms with Crippen LogP contribution in [0, 0.1) is 0 Å². The molecule has 2 amide bonds. The summed E-state index contributed by atoms with van der Waals surface area (Å²) < 4.78 is 15.6. The Hall–Kier alpha value is -4.76. The van der Waals surface area contributed by atoms with E-state index in [1.165, 1.54) is 26.0 Å². The van der Waals surface area contributed by atoms with Crippen molar-refractivity contribution in [2.45, 2.75) is 17.1 Å². The van der Waals surface area contributed by atoms with Gasteiger partial charge in [-0.15, -0.1) is 11.8 Å². The van der Waals surface area contributed by atoms with Crippen LogP contribution in [0.15, 0.2) is 102 Å². The summed E-state index contributed by atoms with van der Waals surface area (Å²) in [7, 11) is 3.05. The van der Waals surface area contributed by atoms with Crippen LogP contribution in [0.3, 0.4) is 0 Å². The molecule has 0 heterocycles. The van der Waals surface area contributed by atoms with Crippen molar-refractivity contribution < 1.29 is 28.6 Å². The van der Waals surface area contributed by atoms with Crippen molar-refractivity contribution in [1.82, 2.24) is 0 Å². The minimum Gasteiger partial charge on any atom is -0.493 e. The van der Waals surface area contributed by atoms with Crippen molar-refractivity contribution in [3.8, 4) is 11.5 Å². The van der Waals surface area contributed by atoms with E-state index in [0.717, 1.165) is 10.5 Å². The number of esters is 1.